The second kappa shape index (κ2) is 5.73. The number of ether oxygens (including phenoxy) is 1. The lowest BCUT2D eigenvalue weighted by Gasteiger charge is -2.00. The molecule has 0 atom stereocenters. The van der Waals surface area contributed by atoms with Gasteiger partial charge in [-0.1, -0.05) is 25.5 Å². The average molecular weight is 233 g/mol. The summed E-state index contributed by atoms with van der Waals surface area (Å²) in [7, 11) is 1.66. The molecule has 0 bridgehead atoms. The van der Waals surface area contributed by atoms with Gasteiger partial charge < -0.3 is 14.5 Å². The first kappa shape index (κ1) is 12.0. The molecule has 0 saturated carbocycles. The van der Waals surface area contributed by atoms with Crippen molar-refractivity contribution in [1.29, 1.82) is 0 Å². The van der Waals surface area contributed by atoms with Crippen molar-refractivity contribution < 1.29 is 9.15 Å². The van der Waals surface area contributed by atoms with Gasteiger partial charge in [0, 0.05) is 5.39 Å². The number of fused-ring (bicyclic) bond motifs is 1. The minimum absolute atomic E-state index is 0.776. The zero-order valence-corrected chi connectivity index (χ0v) is 10.5. The average Bonchev–Trinajstić information content (AvgIpc) is 2.77. The lowest BCUT2D eigenvalue weighted by atomic mass is 10.2. The Bertz CT molecular complexity index is 476. The van der Waals surface area contributed by atoms with E-state index in [0.717, 1.165) is 35.6 Å². The van der Waals surface area contributed by atoms with Crippen molar-refractivity contribution in [3.05, 3.63) is 30.0 Å². The lowest BCUT2D eigenvalue weighted by Crippen LogP contribution is -2.13. The molecular formula is C14H19NO2. The molecule has 0 saturated heterocycles. The maximum atomic E-state index is 5.78. The third kappa shape index (κ3) is 2.80. The van der Waals surface area contributed by atoms with E-state index in [1.54, 1.807) is 7.11 Å². The molecule has 0 fully saturated rings. The quantitative estimate of drug-likeness (QED) is 0.777. The molecule has 92 valence electrons. The van der Waals surface area contributed by atoms with Crippen LogP contribution in [0.25, 0.3) is 11.0 Å². The number of furan rings is 1. The third-order valence-electron chi connectivity index (χ3n) is 2.79. The first-order valence-corrected chi connectivity index (χ1v) is 6.11. The van der Waals surface area contributed by atoms with Gasteiger partial charge in [0.15, 0.2) is 11.3 Å². The molecule has 3 heteroatoms. The Morgan fingerprint density at radius 1 is 1.35 bits per heavy atom. The Hall–Kier alpha value is -1.48. The van der Waals surface area contributed by atoms with E-state index >= 15 is 0 Å². The van der Waals surface area contributed by atoms with Crippen LogP contribution in [0.15, 0.2) is 28.7 Å². The van der Waals surface area contributed by atoms with Crippen LogP contribution in [0.5, 0.6) is 5.75 Å². The molecule has 0 radical (unpaired) electrons. The second-order valence-electron chi connectivity index (χ2n) is 4.12. The van der Waals surface area contributed by atoms with E-state index in [2.05, 4.69) is 18.3 Å². The number of hydrogen-bond donors (Lipinski definition) is 1. The minimum atomic E-state index is 0.776. The van der Waals surface area contributed by atoms with E-state index in [9.17, 15) is 0 Å². The molecule has 0 unspecified atom stereocenters. The number of hydrogen-bond acceptors (Lipinski definition) is 3. The van der Waals surface area contributed by atoms with E-state index in [-0.39, 0.29) is 0 Å². The molecule has 0 amide bonds. The van der Waals surface area contributed by atoms with E-state index in [1.165, 1.54) is 12.8 Å². The Morgan fingerprint density at radius 3 is 3.00 bits per heavy atom. The van der Waals surface area contributed by atoms with Gasteiger partial charge in [-0.05, 0) is 25.1 Å². The standard InChI is InChI=1S/C14H19NO2/c1-3-4-8-15-10-12-9-11-6-5-7-13(16-2)14(11)17-12/h5-7,9,15H,3-4,8,10H2,1-2H3. The van der Waals surface area contributed by atoms with Crippen LogP contribution in [0.4, 0.5) is 0 Å². The van der Waals surface area contributed by atoms with E-state index < -0.39 is 0 Å². The number of methoxy groups -OCH3 is 1. The summed E-state index contributed by atoms with van der Waals surface area (Å²) in [4.78, 5) is 0. The highest BCUT2D eigenvalue weighted by molar-refractivity contribution is 5.83. The third-order valence-corrected chi connectivity index (χ3v) is 2.79. The SMILES string of the molecule is CCCCNCc1cc2cccc(OC)c2o1. The summed E-state index contributed by atoms with van der Waals surface area (Å²) >= 11 is 0. The van der Waals surface area contributed by atoms with Crippen LogP contribution in [0.1, 0.15) is 25.5 Å². The Labute approximate surface area is 102 Å². The van der Waals surface area contributed by atoms with Gasteiger partial charge in [-0.25, -0.2) is 0 Å². The van der Waals surface area contributed by atoms with E-state index in [0.29, 0.717) is 0 Å². The van der Waals surface area contributed by atoms with Crippen molar-refractivity contribution in [2.45, 2.75) is 26.3 Å². The lowest BCUT2D eigenvalue weighted by molar-refractivity contribution is 0.406. The van der Waals surface area contributed by atoms with Gasteiger partial charge in [-0.2, -0.15) is 0 Å². The fraction of sp³-hybridized carbons (Fsp3) is 0.429. The number of nitrogens with one attached hydrogen (secondary N) is 1. The predicted molar refractivity (Wildman–Crippen MR) is 69.4 cm³/mol. The second-order valence-corrected chi connectivity index (χ2v) is 4.12. The van der Waals surface area contributed by atoms with Crippen LogP contribution >= 0.6 is 0 Å². The van der Waals surface area contributed by atoms with E-state index in [4.69, 9.17) is 9.15 Å². The molecule has 1 heterocycles. The highest BCUT2D eigenvalue weighted by Crippen LogP contribution is 2.28. The Balaban J connectivity index is 2.09. The van der Waals surface area contributed by atoms with Crippen molar-refractivity contribution in [2.75, 3.05) is 13.7 Å². The molecule has 0 spiro atoms. The normalized spacial score (nSPS) is 10.9. The molecule has 0 aliphatic heterocycles. The zero-order valence-electron chi connectivity index (χ0n) is 10.5. The molecule has 0 aliphatic carbocycles. The summed E-state index contributed by atoms with van der Waals surface area (Å²) in [5.41, 5.74) is 0.835. The van der Waals surface area contributed by atoms with Gasteiger partial charge in [-0.15, -0.1) is 0 Å². The van der Waals surface area contributed by atoms with Gasteiger partial charge in [0.1, 0.15) is 5.76 Å². The molecule has 17 heavy (non-hydrogen) atoms. The Kier molecular flexibility index (Phi) is 4.04. The smallest absolute Gasteiger partial charge is 0.176 e. The summed E-state index contributed by atoms with van der Waals surface area (Å²) in [6, 6.07) is 8.00. The number of unbranched alkanes of at least 4 members (excludes halogenated alkanes) is 1. The summed E-state index contributed by atoms with van der Waals surface area (Å²) < 4.78 is 11.1. The van der Waals surface area contributed by atoms with Crippen LogP contribution in [0, 0.1) is 0 Å². The van der Waals surface area contributed by atoms with Gasteiger partial charge >= 0.3 is 0 Å². The number of para-hydroxylation sites is 1. The Morgan fingerprint density at radius 2 is 2.24 bits per heavy atom. The number of benzene rings is 1. The molecule has 1 aromatic carbocycles. The number of rotatable bonds is 6. The summed E-state index contributed by atoms with van der Waals surface area (Å²) in [6.07, 6.45) is 2.41. The van der Waals surface area contributed by atoms with Gasteiger partial charge in [0.25, 0.3) is 0 Å². The fourth-order valence-electron chi connectivity index (χ4n) is 1.85. The van der Waals surface area contributed by atoms with Crippen molar-refractivity contribution in [3.63, 3.8) is 0 Å². The van der Waals surface area contributed by atoms with E-state index in [1.807, 2.05) is 18.2 Å². The molecule has 2 aromatic rings. The van der Waals surface area contributed by atoms with Crippen molar-refractivity contribution >= 4 is 11.0 Å². The topological polar surface area (TPSA) is 34.4 Å². The molecule has 2 rings (SSSR count). The van der Waals surface area contributed by atoms with Crippen LogP contribution in [0.3, 0.4) is 0 Å². The van der Waals surface area contributed by atoms with Gasteiger partial charge in [0.2, 0.25) is 0 Å². The largest absolute Gasteiger partial charge is 0.493 e. The van der Waals surface area contributed by atoms with Gasteiger partial charge in [-0.3, -0.25) is 0 Å². The maximum Gasteiger partial charge on any atom is 0.176 e. The molecule has 1 aromatic heterocycles. The molecule has 1 N–H and O–H groups in total. The molecule has 0 aliphatic rings. The van der Waals surface area contributed by atoms with Crippen molar-refractivity contribution in [3.8, 4) is 5.75 Å². The summed E-state index contributed by atoms with van der Waals surface area (Å²) in [5.74, 6) is 1.75. The van der Waals surface area contributed by atoms with Crippen LogP contribution in [0.2, 0.25) is 0 Å². The first-order chi connectivity index (χ1) is 8.35. The monoisotopic (exact) mass is 233 g/mol. The zero-order chi connectivity index (χ0) is 12.1. The van der Waals surface area contributed by atoms with Crippen LogP contribution in [-0.4, -0.2) is 13.7 Å². The van der Waals surface area contributed by atoms with Crippen LogP contribution in [-0.2, 0) is 6.54 Å². The molecular weight excluding hydrogens is 214 g/mol. The first-order valence-electron chi connectivity index (χ1n) is 6.11. The highest BCUT2D eigenvalue weighted by atomic mass is 16.5. The van der Waals surface area contributed by atoms with Crippen molar-refractivity contribution in [2.24, 2.45) is 0 Å². The van der Waals surface area contributed by atoms with Crippen molar-refractivity contribution in [1.82, 2.24) is 5.32 Å². The predicted octanol–water partition coefficient (Wildman–Crippen LogP) is 3.33. The molecule has 3 nitrogen and oxygen atoms in total. The van der Waals surface area contributed by atoms with Gasteiger partial charge in [0.05, 0.1) is 13.7 Å². The minimum Gasteiger partial charge on any atom is -0.493 e. The fourth-order valence-corrected chi connectivity index (χ4v) is 1.85. The highest BCUT2D eigenvalue weighted by Gasteiger charge is 2.07. The summed E-state index contributed by atoms with van der Waals surface area (Å²) in [5, 5.41) is 4.46. The maximum absolute atomic E-state index is 5.78. The van der Waals surface area contributed by atoms with Crippen LogP contribution < -0.4 is 10.1 Å². The summed E-state index contributed by atoms with van der Waals surface area (Å²) in [6.45, 7) is 4.00.